The number of benzene rings is 1. The number of esters is 1. The van der Waals surface area contributed by atoms with Gasteiger partial charge in [0.2, 0.25) is 0 Å². The summed E-state index contributed by atoms with van der Waals surface area (Å²) in [4.78, 5) is 50.6. The predicted octanol–water partition coefficient (Wildman–Crippen LogP) is 1.68. The number of nitrogens with zero attached hydrogens (tertiary/aromatic N) is 1. The first-order valence-electron chi connectivity index (χ1n) is 8.95. The molecule has 2 N–H and O–H groups in total. The van der Waals surface area contributed by atoms with Gasteiger partial charge in [-0.05, 0) is 30.9 Å². The molecule has 9 heteroatoms. The fraction of sp³-hybridized carbons (Fsp3) is 0.300. The zero-order valence-corrected chi connectivity index (χ0v) is 16.9. The van der Waals surface area contributed by atoms with E-state index in [0.29, 0.717) is 12.1 Å². The molecule has 152 valence electrons. The van der Waals surface area contributed by atoms with E-state index in [1.54, 1.807) is 19.1 Å². The molecule has 1 saturated heterocycles. The first-order chi connectivity index (χ1) is 13.8. The Morgan fingerprint density at radius 1 is 1.21 bits per heavy atom. The molecule has 4 amide bonds. The number of aryl methyl sites for hydroxylation is 1. The Hall–Kier alpha value is -3.20. The summed E-state index contributed by atoms with van der Waals surface area (Å²) in [5, 5.41) is 7.14. The predicted molar refractivity (Wildman–Crippen MR) is 106 cm³/mol. The van der Waals surface area contributed by atoms with Crippen molar-refractivity contribution >= 4 is 35.2 Å². The molecule has 29 heavy (non-hydrogen) atoms. The van der Waals surface area contributed by atoms with Crippen LogP contribution in [-0.4, -0.2) is 41.9 Å². The molecule has 0 bridgehead atoms. The van der Waals surface area contributed by atoms with Gasteiger partial charge in [0.05, 0.1) is 6.54 Å². The van der Waals surface area contributed by atoms with Crippen LogP contribution < -0.4 is 10.6 Å². The molecule has 0 spiro atoms. The molecular formula is C20H21N3O5S. The second-order valence-corrected chi connectivity index (χ2v) is 7.86. The highest BCUT2D eigenvalue weighted by atomic mass is 32.1. The maximum Gasteiger partial charge on any atom is 0.326 e. The highest BCUT2D eigenvalue weighted by molar-refractivity contribution is 7.09. The van der Waals surface area contributed by atoms with Crippen molar-refractivity contribution in [3.8, 4) is 0 Å². The van der Waals surface area contributed by atoms with Gasteiger partial charge in [0.1, 0.15) is 12.1 Å². The monoisotopic (exact) mass is 415 g/mol. The van der Waals surface area contributed by atoms with Gasteiger partial charge in [-0.25, -0.2) is 4.79 Å². The summed E-state index contributed by atoms with van der Waals surface area (Å²) in [5.74, 6) is -1.85. The largest absolute Gasteiger partial charge is 0.454 e. The second kappa shape index (κ2) is 8.44. The molecule has 3 rings (SSSR count). The molecule has 0 unspecified atom stereocenters. The molecule has 1 aromatic carbocycles. The Morgan fingerprint density at radius 2 is 1.93 bits per heavy atom. The first kappa shape index (κ1) is 20.5. The van der Waals surface area contributed by atoms with Gasteiger partial charge in [0.15, 0.2) is 6.61 Å². The summed E-state index contributed by atoms with van der Waals surface area (Å²) in [6, 6.07) is 10.3. The quantitative estimate of drug-likeness (QED) is 0.529. The minimum absolute atomic E-state index is 0.343. The zero-order valence-electron chi connectivity index (χ0n) is 16.1. The molecule has 0 radical (unpaired) electrons. The van der Waals surface area contributed by atoms with Crippen molar-refractivity contribution in [2.45, 2.75) is 25.9 Å². The average Bonchev–Trinajstić information content (AvgIpc) is 3.28. The second-order valence-electron chi connectivity index (χ2n) is 6.83. The van der Waals surface area contributed by atoms with Gasteiger partial charge in [-0.1, -0.05) is 35.9 Å². The van der Waals surface area contributed by atoms with Gasteiger partial charge in [-0.3, -0.25) is 19.3 Å². The Morgan fingerprint density at radius 3 is 2.59 bits per heavy atom. The minimum Gasteiger partial charge on any atom is -0.454 e. The lowest BCUT2D eigenvalue weighted by Crippen LogP contribution is -2.42. The summed E-state index contributed by atoms with van der Waals surface area (Å²) in [5.41, 5.74) is 0.376. The van der Waals surface area contributed by atoms with Gasteiger partial charge in [0.25, 0.3) is 11.8 Å². The number of carbonyl (C=O) groups excluding carboxylic acids is 4. The lowest BCUT2D eigenvalue weighted by molar-refractivity contribution is -0.151. The number of rotatable bonds is 7. The number of amides is 4. The normalized spacial score (nSPS) is 18.5. The van der Waals surface area contributed by atoms with Gasteiger partial charge < -0.3 is 15.4 Å². The smallest absolute Gasteiger partial charge is 0.326 e. The van der Waals surface area contributed by atoms with E-state index >= 15 is 0 Å². The van der Waals surface area contributed by atoms with Crippen LogP contribution in [0.5, 0.6) is 0 Å². The minimum atomic E-state index is -1.26. The molecule has 1 fully saturated rings. The van der Waals surface area contributed by atoms with Gasteiger partial charge in [0, 0.05) is 4.88 Å². The maximum absolute atomic E-state index is 12.8. The number of ether oxygens (including phenoxy) is 1. The molecule has 1 aromatic heterocycles. The number of hydrogen-bond donors (Lipinski definition) is 2. The van der Waals surface area contributed by atoms with Crippen molar-refractivity contribution in [1.82, 2.24) is 15.5 Å². The van der Waals surface area contributed by atoms with Crippen LogP contribution in [0.1, 0.15) is 22.9 Å². The Bertz CT molecular complexity index is 926. The molecule has 0 saturated carbocycles. The summed E-state index contributed by atoms with van der Waals surface area (Å²) >= 11 is 1.50. The van der Waals surface area contributed by atoms with Crippen LogP contribution in [0.3, 0.4) is 0 Å². The van der Waals surface area contributed by atoms with E-state index in [9.17, 15) is 19.2 Å². The molecule has 1 atom stereocenters. The van der Waals surface area contributed by atoms with E-state index in [2.05, 4.69) is 10.6 Å². The highest BCUT2D eigenvalue weighted by Gasteiger charge is 2.49. The molecule has 2 heterocycles. The fourth-order valence-electron chi connectivity index (χ4n) is 2.89. The number of urea groups is 1. The maximum atomic E-state index is 12.8. The lowest BCUT2D eigenvalue weighted by Gasteiger charge is -2.22. The number of carbonyl (C=O) groups is 4. The van der Waals surface area contributed by atoms with E-state index in [4.69, 9.17) is 4.74 Å². The van der Waals surface area contributed by atoms with Crippen LogP contribution in [0.2, 0.25) is 0 Å². The molecule has 2 aromatic rings. The van der Waals surface area contributed by atoms with Crippen molar-refractivity contribution in [1.29, 1.82) is 0 Å². The Labute approximate surface area is 171 Å². The van der Waals surface area contributed by atoms with Crippen molar-refractivity contribution in [2.75, 3.05) is 13.2 Å². The summed E-state index contributed by atoms with van der Waals surface area (Å²) in [6.07, 6.45) is 0. The Kier molecular flexibility index (Phi) is 5.97. The van der Waals surface area contributed by atoms with Crippen LogP contribution in [0.4, 0.5) is 4.79 Å². The number of imide groups is 1. The standard InChI is InChI=1S/C20H21N3O5S/c1-13-5-7-14(8-6-13)20(2)18(26)23(19(27)22-20)11-17(25)28-12-16(24)21-10-15-4-3-9-29-15/h3-9H,10-12H2,1-2H3,(H,21,24)(H,22,27)/t20-/m0/s1. The molecule has 1 aliphatic heterocycles. The Balaban J connectivity index is 1.53. The topological polar surface area (TPSA) is 105 Å². The molecule has 1 aliphatic rings. The van der Waals surface area contributed by atoms with Crippen LogP contribution in [0, 0.1) is 6.92 Å². The fourth-order valence-corrected chi connectivity index (χ4v) is 3.54. The summed E-state index contributed by atoms with van der Waals surface area (Å²) in [6.45, 7) is 2.80. The van der Waals surface area contributed by atoms with Crippen molar-refractivity contribution in [3.63, 3.8) is 0 Å². The van der Waals surface area contributed by atoms with E-state index in [1.165, 1.54) is 11.3 Å². The lowest BCUT2D eigenvalue weighted by atomic mass is 9.91. The van der Waals surface area contributed by atoms with Crippen molar-refractivity contribution < 1.29 is 23.9 Å². The van der Waals surface area contributed by atoms with E-state index < -0.39 is 42.5 Å². The van der Waals surface area contributed by atoms with Gasteiger partial charge in [-0.2, -0.15) is 0 Å². The van der Waals surface area contributed by atoms with E-state index in [-0.39, 0.29) is 0 Å². The van der Waals surface area contributed by atoms with Crippen molar-refractivity contribution in [3.05, 3.63) is 57.8 Å². The number of nitrogens with one attached hydrogen (secondary N) is 2. The third-order valence-electron chi connectivity index (χ3n) is 4.60. The van der Waals surface area contributed by atoms with Crippen LogP contribution >= 0.6 is 11.3 Å². The zero-order chi connectivity index (χ0) is 21.0. The third-order valence-corrected chi connectivity index (χ3v) is 5.47. The molecular weight excluding hydrogens is 394 g/mol. The highest BCUT2D eigenvalue weighted by Crippen LogP contribution is 2.28. The third kappa shape index (κ3) is 4.62. The van der Waals surface area contributed by atoms with Crippen LogP contribution in [0.15, 0.2) is 41.8 Å². The molecule has 0 aliphatic carbocycles. The number of hydrogen-bond acceptors (Lipinski definition) is 6. The molecule has 8 nitrogen and oxygen atoms in total. The van der Waals surface area contributed by atoms with Crippen LogP contribution in [0.25, 0.3) is 0 Å². The first-order valence-corrected chi connectivity index (χ1v) is 9.83. The van der Waals surface area contributed by atoms with Crippen molar-refractivity contribution in [2.24, 2.45) is 0 Å². The SMILES string of the molecule is Cc1ccc([C@]2(C)NC(=O)N(CC(=O)OCC(=O)NCc3cccs3)C2=O)cc1. The average molecular weight is 415 g/mol. The number of thiophene rings is 1. The van der Waals surface area contributed by atoms with E-state index in [0.717, 1.165) is 15.3 Å². The van der Waals surface area contributed by atoms with Crippen LogP contribution in [-0.2, 0) is 31.2 Å². The van der Waals surface area contributed by atoms with Gasteiger partial charge in [-0.15, -0.1) is 11.3 Å². The summed E-state index contributed by atoms with van der Waals surface area (Å²) in [7, 11) is 0. The summed E-state index contributed by atoms with van der Waals surface area (Å²) < 4.78 is 4.90. The van der Waals surface area contributed by atoms with Gasteiger partial charge >= 0.3 is 12.0 Å². The van der Waals surface area contributed by atoms with E-state index in [1.807, 2.05) is 36.6 Å².